The van der Waals surface area contributed by atoms with Crippen molar-refractivity contribution in [3.8, 4) is 17.2 Å². The molecule has 1 N–H and O–H groups in total. The fourth-order valence-corrected chi connectivity index (χ4v) is 4.93. The van der Waals surface area contributed by atoms with Crippen LogP contribution in [0.15, 0.2) is 56.5 Å². The summed E-state index contributed by atoms with van der Waals surface area (Å²) in [4.78, 5) is 16.7. The standard InChI is InChI=1S/C26H27BrN4O5S/c1-4-22-30-31-24(28)19(25(32)29-26(31)37-22)13-17-14-20(27)23(21(15-17)33-3)36-11-9-34-8-10-35-18-7-5-6-16(2)12-18/h5-7,12-15,28H,4,8-11H2,1-3H3/b19-13-,28-24?. The third kappa shape index (κ3) is 6.60. The summed E-state index contributed by atoms with van der Waals surface area (Å²) in [5.41, 5.74) is 1.94. The van der Waals surface area contributed by atoms with Gasteiger partial charge >= 0.3 is 0 Å². The van der Waals surface area contributed by atoms with E-state index >= 15 is 0 Å². The molecular formula is C26H27BrN4O5S. The van der Waals surface area contributed by atoms with Gasteiger partial charge in [-0.15, -0.1) is 0 Å². The molecule has 2 heterocycles. The zero-order valence-corrected chi connectivity index (χ0v) is 23.1. The molecule has 0 fully saturated rings. The first-order valence-electron chi connectivity index (χ1n) is 11.7. The summed E-state index contributed by atoms with van der Waals surface area (Å²) >= 11 is 4.83. The van der Waals surface area contributed by atoms with Crippen molar-refractivity contribution in [1.82, 2.24) is 5.01 Å². The molecule has 0 saturated heterocycles. The minimum Gasteiger partial charge on any atom is -0.493 e. The lowest BCUT2D eigenvalue weighted by Crippen LogP contribution is -2.35. The summed E-state index contributed by atoms with van der Waals surface area (Å²) < 4.78 is 23.3. The first kappa shape index (κ1) is 26.9. The van der Waals surface area contributed by atoms with E-state index in [1.165, 1.54) is 23.9 Å². The van der Waals surface area contributed by atoms with Crippen LogP contribution in [0.4, 0.5) is 0 Å². The molecule has 1 amide bonds. The predicted molar refractivity (Wildman–Crippen MR) is 149 cm³/mol. The van der Waals surface area contributed by atoms with E-state index < -0.39 is 5.91 Å². The number of rotatable bonds is 11. The molecule has 2 aromatic carbocycles. The van der Waals surface area contributed by atoms with Crippen molar-refractivity contribution in [2.45, 2.75) is 20.3 Å². The van der Waals surface area contributed by atoms with Gasteiger partial charge in [-0.3, -0.25) is 10.2 Å². The summed E-state index contributed by atoms with van der Waals surface area (Å²) in [6.45, 7) is 5.55. The number of amides is 1. The van der Waals surface area contributed by atoms with Crippen molar-refractivity contribution in [3.63, 3.8) is 0 Å². The molecule has 0 aromatic heterocycles. The SMILES string of the molecule is CCC1=NN2C(=N)/C(=C/c3cc(Br)c(OCCOCCOc4cccc(C)c4)c(OC)c3)C(=O)N=C2S1. The third-order valence-electron chi connectivity index (χ3n) is 5.32. The Morgan fingerprint density at radius 1 is 1.14 bits per heavy atom. The molecule has 2 aromatic rings. The van der Waals surface area contributed by atoms with Gasteiger partial charge in [0.2, 0.25) is 5.17 Å². The summed E-state index contributed by atoms with van der Waals surface area (Å²) in [7, 11) is 1.54. The number of aryl methyl sites for hydroxylation is 1. The van der Waals surface area contributed by atoms with E-state index in [4.69, 9.17) is 24.4 Å². The summed E-state index contributed by atoms with van der Waals surface area (Å²) in [6, 6.07) is 11.4. The van der Waals surface area contributed by atoms with Crippen molar-refractivity contribution in [2.24, 2.45) is 10.1 Å². The quantitative estimate of drug-likeness (QED) is 0.282. The number of ether oxygens (including phenoxy) is 4. The molecule has 0 unspecified atom stereocenters. The molecule has 0 bridgehead atoms. The molecule has 2 aliphatic rings. The lowest BCUT2D eigenvalue weighted by molar-refractivity contribution is -0.114. The van der Waals surface area contributed by atoms with E-state index in [0.29, 0.717) is 59.6 Å². The average Bonchev–Trinajstić information content (AvgIpc) is 3.30. The number of nitrogens with zero attached hydrogens (tertiary/aromatic N) is 3. The number of amidine groups is 2. The molecule has 11 heteroatoms. The molecule has 0 saturated carbocycles. The Bertz CT molecular complexity index is 1290. The fraction of sp³-hybridized carbons (Fsp3) is 0.308. The van der Waals surface area contributed by atoms with Crippen LogP contribution in [0.1, 0.15) is 24.5 Å². The molecule has 0 atom stereocenters. The summed E-state index contributed by atoms with van der Waals surface area (Å²) in [5.74, 6) is 1.33. The lowest BCUT2D eigenvalue weighted by Gasteiger charge is -2.20. The molecule has 4 rings (SSSR count). The first-order chi connectivity index (χ1) is 17.9. The predicted octanol–water partition coefficient (Wildman–Crippen LogP) is 5.27. The van der Waals surface area contributed by atoms with Gasteiger partial charge in [0.05, 0.1) is 30.4 Å². The topological polar surface area (TPSA) is 106 Å². The Balaban J connectivity index is 1.34. The number of carbonyl (C=O) groups excluding carboxylic acids is 1. The number of halogens is 1. The smallest absolute Gasteiger partial charge is 0.283 e. The molecular weight excluding hydrogens is 560 g/mol. The van der Waals surface area contributed by atoms with Crippen molar-refractivity contribution in [3.05, 3.63) is 57.6 Å². The van der Waals surface area contributed by atoms with Crippen LogP contribution in [0.3, 0.4) is 0 Å². The van der Waals surface area contributed by atoms with Crippen LogP contribution >= 0.6 is 27.7 Å². The van der Waals surface area contributed by atoms with Crippen molar-refractivity contribution < 1.29 is 23.7 Å². The van der Waals surface area contributed by atoms with Crippen LogP contribution in [0.25, 0.3) is 6.08 Å². The second-order valence-corrected chi connectivity index (χ2v) is 9.92. The van der Waals surface area contributed by atoms with Crippen LogP contribution in [-0.2, 0) is 9.53 Å². The van der Waals surface area contributed by atoms with Gasteiger partial charge in [0.25, 0.3) is 5.91 Å². The highest BCUT2D eigenvalue weighted by atomic mass is 79.9. The van der Waals surface area contributed by atoms with E-state index in [1.54, 1.807) is 18.2 Å². The van der Waals surface area contributed by atoms with Gasteiger partial charge in [-0.05, 0) is 82.5 Å². The summed E-state index contributed by atoms with van der Waals surface area (Å²) in [6.07, 6.45) is 2.31. The Kier molecular flexibility index (Phi) is 9.01. The number of hydrogen-bond acceptors (Lipinski definition) is 8. The first-order valence-corrected chi connectivity index (χ1v) is 13.3. The van der Waals surface area contributed by atoms with Crippen LogP contribution in [0.5, 0.6) is 17.2 Å². The molecule has 2 aliphatic heterocycles. The Morgan fingerprint density at radius 3 is 2.65 bits per heavy atom. The van der Waals surface area contributed by atoms with E-state index in [2.05, 4.69) is 26.0 Å². The normalized spacial score (nSPS) is 16.0. The third-order valence-corrected chi connectivity index (χ3v) is 6.96. The second kappa shape index (κ2) is 12.4. The Morgan fingerprint density at radius 2 is 1.92 bits per heavy atom. The van der Waals surface area contributed by atoms with Gasteiger partial charge in [0.15, 0.2) is 17.3 Å². The number of hydrogen-bond donors (Lipinski definition) is 1. The maximum atomic E-state index is 12.6. The molecule has 9 nitrogen and oxygen atoms in total. The largest absolute Gasteiger partial charge is 0.493 e. The van der Waals surface area contributed by atoms with E-state index in [0.717, 1.165) is 16.4 Å². The van der Waals surface area contributed by atoms with Crippen LogP contribution in [0.2, 0.25) is 0 Å². The highest BCUT2D eigenvalue weighted by molar-refractivity contribution is 9.10. The van der Waals surface area contributed by atoms with E-state index in [9.17, 15) is 4.79 Å². The maximum Gasteiger partial charge on any atom is 0.283 e. The van der Waals surface area contributed by atoms with E-state index in [1.807, 2.05) is 38.1 Å². The molecule has 0 radical (unpaired) electrons. The van der Waals surface area contributed by atoms with Crippen molar-refractivity contribution >= 4 is 55.7 Å². The Hall–Kier alpha value is -3.15. The zero-order valence-electron chi connectivity index (χ0n) is 20.7. The number of thioether (sulfide) groups is 1. The van der Waals surface area contributed by atoms with Gasteiger partial charge in [-0.2, -0.15) is 15.1 Å². The zero-order chi connectivity index (χ0) is 26.4. The monoisotopic (exact) mass is 586 g/mol. The molecule has 0 aliphatic carbocycles. The van der Waals surface area contributed by atoms with Crippen molar-refractivity contribution in [2.75, 3.05) is 33.5 Å². The molecule has 37 heavy (non-hydrogen) atoms. The van der Waals surface area contributed by atoms with Crippen LogP contribution < -0.4 is 14.2 Å². The van der Waals surface area contributed by atoms with Gasteiger partial charge in [0.1, 0.15) is 24.0 Å². The van der Waals surface area contributed by atoms with Crippen LogP contribution in [-0.4, -0.2) is 60.5 Å². The summed E-state index contributed by atoms with van der Waals surface area (Å²) in [5, 5.41) is 15.5. The average molecular weight is 587 g/mol. The van der Waals surface area contributed by atoms with Crippen LogP contribution in [0, 0.1) is 12.3 Å². The number of benzene rings is 2. The van der Waals surface area contributed by atoms with Crippen molar-refractivity contribution in [1.29, 1.82) is 5.41 Å². The number of carbonyl (C=O) groups is 1. The number of nitrogens with one attached hydrogen (secondary N) is 1. The lowest BCUT2D eigenvalue weighted by atomic mass is 10.1. The second-order valence-electron chi connectivity index (χ2n) is 8.03. The minimum atomic E-state index is -0.477. The molecule has 194 valence electrons. The highest BCUT2D eigenvalue weighted by Crippen LogP contribution is 2.38. The number of methoxy groups -OCH3 is 1. The van der Waals surface area contributed by atoms with E-state index in [-0.39, 0.29) is 11.4 Å². The van der Waals surface area contributed by atoms with Gasteiger partial charge < -0.3 is 18.9 Å². The number of hydrazone groups is 1. The molecule has 0 spiro atoms. The number of aliphatic imine (C=N–C) groups is 1. The van der Waals surface area contributed by atoms with Gasteiger partial charge in [-0.1, -0.05) is 19.1 Å². The Labute approximate surface area is 228 Å². The number of fused-ring (bicyclic) bond motifs is 1. The van der Waals surface area contributed by atoms with Gasteiger partial charge in [-0.25, -0.2) is 0 Å². The highest BCUT2D eigenvalue weighted by Gasteiger charge is 2.35. The van der Waals surface area contributed by atoms with Gasteiger partial charge in [0, 0.05) is 0 Å². The minimum absolute atomic E-state index is 0.00936. The fourth-order valence-electron chi connectivity index (χ4n) is 3.53. The maximum absolute atomic E-state index is 12.6.